The predicted octanol–water partition coefficient (Wildman–Crippen LogP) is 4.27. The summed E-state index contributed by atoms with van der Waals surface area (Å²) in [6.45, 7) is 3.77. The molecule has 0 unspecified atom stereocenters. The van der Waals surface area contributed by atoms with Crippen LogP contribution in [0.2, 0.25) is 10.0 Å². The lowest BCUT2D eigenvalue weighted by molar-refractivity contribution is -0.129. The van der Waals surface area contributed by atoms with E-state index in [4.69, 9.17) is 23.2 Å². The molecule has 0 fully saturated rings. The quantitative estimate of drug-likeness (QED) is 0.698. The first-order valence-corrected chi connectivity index (χ1v) is 10.6. The monoisotopic (exact) mass is 460 g/mol. The molecule has 0 aliphatic carbocycles. The molecule has 2 aromatic carbocycles. The number of rotatable bonds is 6. The van der Waals surface area contributed by atoms with Crippen molar-refractivity contribution in [2.24, 2.45) is 5.10 Å². The number of aryl methyl sites for hydroxylation is 1. The normalized spacial score (nSPS) is 13.6. The Morgan fingerprint density at radius 1 is 1.13 bits per heavy atom. The van der Waals surface area contributed by atoms with Gasteiger partial charge in [-0.2, -0.15) is 5.10 Å². The van der Waals surface area contributed by atoms with E-state index in [2.05, 4.69) is 10.4 Å². The molecule has 7 nitrogen and oxygen atoms in total. The van der Waals surface area contributed by atoms with Crippen LogP contribution in [0.1, 0.15) is 25.3 Å². The minimum absolute atomic E-state index is 0.164. The van der Waals surface area contributed by atoms with Gasteiger partial charge in [0.05, 0.1) is 21.4 Å². The van der Waals surface area contributed by atoms with E-state index in [0.717, 1.165) is 5.56 Å². The average molecular weight is 461 g/mol. The fourth-order valence-electron chi connectivity index (χ4n) is 3.15. The topological polar surface area (TPSA) is 82.1 Å². The Bertz CT molecular complexity index is 1030. The Morgan fingerprint density at radius 3 is 2.45 bits per heavy atom. The largest absolute Gasteiger partial charge is 0.329 e. The predicted molar refractivity (Wildman–Crippen MR) is 123 cm³/mol. The number of hydrazone groups is 1. The molecule has 3 amide bonds. The zero-order chi connectivity index (χ0) is 22.5. The number of likely N-dealkylation sites (N-methyl/N-ethyl adjacent to an activating group) is 1. The standard InChI is InChI=1S/C22H22Cl2N4O3/c1-3-27(13-19(29)25-21-16(23)8-5-9-17(21)24)22(31)18-10-11-20(30)28(26-18)15-7-4-6-14(2)12-15/h4-9,12H,3,10-11,13H2,1-2H3,(H,25,29). The molecule has 3 rings (SSSR count). The molecule has 2 aromatic rings. The molecular formula is C22H22Cl2N4O3. The van der Waals surface area contributed by atoms with Gasteiger partial charge in [0, 0.05) is 19.4 Å². The maximum absolute atomic E-state index is 13.0. The summed E-state index contributed by atoms with van der Waals surface area (Å²) in [5, 5.41) is 8.81. The molecule has 0 saturated carbocycles. The lowest BCUT2D eigenvalue weighted by Crippen LogP contribution is -2.44. The number of carbonyl (C=O) groups excluding carboxylic acids is 3. The Morgan fingerprint density at radius 2 is 1.81 bits per heavy atom. The maximum atomic E-state index is 13.0. The smallest absolute Gasteiger partial charge is 0.270 e. The summed E-state index contributed by atoms with van der Waals surface area (Å²) in [7, 11) is 0. The number of para-hydroxylation sites is 1. The summed E-state index contributed by atoms with van der Waals surface area (Å²) < 4.78 is 0. The van der Waals surface area contributed by atoms with Crippen LogP contribution in [0.15, 0.2) is 47.6 Å². The van der Waals surface area contributed by atoms with Crippen molar-refractivity contribution in [3.63, 3.8) is 0 Å². The SMILES string of the molecule is CCN(CC(=O)Nc1c(Cl)cccc1Cl)C(=O)C1=NN(c2cccc(C)c2)C(=O)CC1. The van der Waals surface area contributed by atoms with Crippen LogP contribution in [0.4, 0.5) is 11.4 Å². The van der Waals surface area contributed by atoms with E-state index < -0.39 is 11.8 Å². The lowest BCUT2D eigenvalue weighted by atomic mass is 10.1. The van der Waals surface area contributed by atoms with E-state index in [1.165, 1.54) is 9.91 Å². The number of anilines is 2. The van der Waals surface area contributed by atoms with E-state index in [1.807, 2.05) is 25.1 Å². The van der Waals surface area contributed by atoms with E-state index in [-0.39, 0.29) is 31.0 Å². The Hall–Kier alpha value is -2.90. The minimum Gasteiger partial charge on any atom is -0.329 e. The maximum Gasteiger partial charge on any atom is 0.270 e. The number of amides is 3. The van der Waals surface area contributed by atoms with Gasteiger partial charge >= 0.3 is 0 Å². The van der Waals surface area contributed by atoms with Crippen LogP contribution in [-0.2, 0) is 14.4 Å². The summed E-state index contributed by atoms with van der Waals surface area (Å²) in [6.07, 6.45) is 0.381. The van der Waals surface area contributed by atoms with Crippen molar-refractivity contribution < 1.29 is 14.4 Å². The van der Waals surface area contributed by atoms with Crippen molar-refractivity contribution >= 4 is 58.0 Å². The molecule has 1 aliphatic heterocycles. The third-order valence-corrected chi connectivity index (χ3v) is 5.39. The fraction of sp³-hybridized carbons (Fsp3) is 0.273. The highest BCUT2D eigenvalue weighted by atomic mass is 35.5. The van der Waals surface area contributed by atoms with Gasteiger partial charge in [-0.3, -0.25) is 14.4 Å². The summed E-state index contributed by atoms with van der Waals surface area (Å²) in [6, 6.07) is 12.2. The van der Waals surface area contributed by atoms with Crippen LogP contribution in [0.3, 0.4) is 0 Å². The molecule has 1 heterocycles. The molecule has 1 N–H and O–H groups in total. The van der Waals surface area contributed by atoms with Crippen LogP contribution in [-0.4, -0.2) is 41.4 Å². The number of hydrogen-bond acceptors (Lipinski definition) is 4. The number of nitrogens with zero attached hydrogens (tertiary/aromatic N) is 3. The minimum atomic E-state index is -0.437. The van der Waals surface area contributed by atoms with Crippen LogP contribution >= 0.6 is 23.2 Å². The van der Waals surface area contributed by atoms with Crippen LogP contribution in [0.25, 0.3) is 0 Å². The Balaban J connectivity index is 1.75. The lowest BCUT2D eigenvalue weighted by Gasteiger charge is -2.26. The first kappa shape index (κ1) is 22.8. The van der Waals surface area contributed by atoms with E-state index >= 15 is 0 Å². The fourth-order valence-corrected chi connectivity index (χ4v) is 3.64. The number of hydrogen-bond donors (Lipinski definition) is 1. The van der Waals surface area contributed by atoms with Gasteiger partial charge in [0.2, 0.25) is 11.8 Å². The second-order valence-electron chi connectivity index (χ2n) is 7.06. The van der Waals surface area contributed by atoms with Crippen LogP contribution in [0.5, 0.6) is 0 Å². The van der Waals surface area contributed by atoms with Gasteiger partial charge in [-0.1, -0.05) is 41.4 Å². The van der Waals surface area contributed by atoms with Crippen molar-refractivity contribution in [2.75, 3.05) is 23.4 Å². The van der Waals surface area contributed by atoms with Crippen LogP contribution in [0, 0.1) is 6.92 Å². The summed E-state index contributed by atoms with van der Waals surface area (Å²) in [4.78, 5) is 39.3. The van der Waals surface area contributed by atoms with Crippen LogP contribution < -0.4 is 10.3 Å². The van der Waals surface area contributed by atoms with Gasteiger partial charge in [0.1, 0.15) is 12.3 Å². The molecule has 0 saturated heterocycles. The first-order chi connectivity index (χ1) is 14.8. The van der Waals surface area contributed by atoms with Crippen molar-refractivity contribution in [3.05, 3.63) is 58.1 Å². The zero-order valence-electron chi connectivity index (χ0n) is 17.2. The van der Waals surface area contributed by atoms with Gasteiger partial charge in [-0.25, -0.2) is 5.01 Å². The van der Waals surface area contributed by atoms with Gasteiger partial charge in [-0.15, -0.1) is 0 Å². The van der Waals surface area contributed by atoms with E-state index in [0.29, 0.717) is 28.0 Å². The summed E-state index contributed by atoms with van der Waals surface area (Å²) >= 11 is 12.2. The second-order valence-corrected chi connectivity index (χ2v) is 7.87. The molecule has 0 radical (unpaired) electrons. The molecule has 9 heteroatoms. The van der Waals surface area contributed by atoms with Gasteiger partial charge in [0.15, 0.2) is 0 Å². The van der Waals surface area contributed by atoms with Gasteiger partial charge in [0.25, 0.3) is 5.91 Å². The van der Waals surface area contributed by atoms with E-state index in [9.17, 15) is 14.4 Å². The third kappa shape index (κ3) is 5.42. The van der Waals surface area contributed by atoms with Gasteiger partial charge < -0.3 is 10.2 Å². The highest BCUT2D eigenvalue weighted by Gasteiger charge is 2.29. The number of nitrogens with one attached hydrogen (secondary N) is 1. The zero-order valence-corrected chi connectivity index (χ0v) is 18.7. The average Bonchev–Trinajstić information content (AvgIpc) is 2.74. The van der Waals surface area contributed by atoms with Crippen molar-refractivity contribution in [3.8, 4) is 0 Å². The number of carbonyl (C=O) groups is 3. The van der Waals surface area contributed by atoms with Crippen molar-refractivity contribution in [1.82, 2.24) is 4.90 Å². The highest BCUT2D eigenvalue weighted by Crippen LogP contribution is 2.29. The molecule has 0 atom stereocenters. The summed E-state index contributed by atoms with van der Waals surface area (Å²) in [5.41, 5.74) is 2.10. The third-order valence-electron chi connectivity index (χ3n) is 4.76. The molecule has 162 valence electrons. The Labute approximate surface area is 190 Å². The molecule has 1 aliphatic rings. The first-order valence-electron chi connectivity index (χ1n) is 9.80. The molecule has 31 heavy (non-hydrogen) atoms. The van der Waals surface area contributed by atoms with Crippen molar-refractivity contribution in [1.29, 1.82) is 0 Å². The van der Waals surface area contributed by atoms with E-state index in [1.54, 1.807) is 31.2 Å². The Kier molecular flexibility index (Phi) is 7.30. The molecule has 0 spiro atoms. The molecular weight excluding hydrogens is 439 g/mol. The van der Waals surface area contributed by atoms with Crippen molar-refractivity contribution in [2.45, 2.75) is 26.7 Å². The molecule has 0 bridgehead atoms. The summed E-state index contributed by atoms with van der Waals surface area (Å²) in [5.74, 6) is -1.02. The molecule has 0 aromatic heterocycles. The number of benzene rings is 2. The number of halogens is 2. The van der Waals surface area contributed by atoms with Gasteiger partial charge in [-0.05, 0) is 43.7 Å². The highest BCUT2D eigenvalue weighted by molar-refractivity contribution is 6.41. The second kappa shape index (κ2) is 9.94.